The van der Waals surface area contributed by atoms with Gasteiger partial charge in [0.2, 0.25) is 0 Å². The lowest BCUT2D eigenvalue weighted by Crippen LogP contribution is -2.47. The van der Waals surface area contributed by atoms with Gasteiger partial charge in [0.15, 0.2) is 0 Å². The number of nitrogens with zero attached hydrogens (tertiary/aromatic N) is 4. The van der Waals surface area contributed by atoms with Crippen molar-refractivity contribution in [1.29, 1.82) is 5.26 Å². The molecule has 2 N–H and O–H groups in total. The summed E-state index contributed by atoms with van der Waals surface area (Å²) in [5.41, 5.74) is 6.19. The van der Waals surface area contributed by atoms with Crippen molar-refractivity contribution in [1.82, 2.24) is 15.8 Å². The van der Waals surface area contributed by atoms with E-state index in [1.54, 1.807) is 12.1 Å². The van der Waals surface area contributed by atoms with Crippen LogP contribution in [0.4, 0.5) is 11.4 Å². The Morgan fingerprint density at radius 2 is 1.84 bits per heavy atom. The van der Waals surface area contributed by atoms with Crippen LogP contribution in [0.1, 0.15) is 22.3 Å². The van der Waals surface area contributed by atoms with Crippen molar-refractivity contribution < 1.29 is 14.5 Å². The molecule has 31 heavy (non-hydrogen) atoms. The molecule has 10 nitrogen and oxygen atoms in total. The standard InChI is InChI=1S/C21H22N6O4/c22-14-16-5-7-18(8-6-16)26-10-2-9-25(11-12-26)15-20(28)23-24-21(29)17-3-1-4-19(13-17)27(30)31/h1,3-8,13H,2,9-12,15H2,(H,23,28)(H,24,29). The number of non-ortho nitro benzene ring substituents is 1. The van der Waals surface area contributed by atoms with Crippen LogP contribution in [0.15, 0.2) is 48.5 Å². The van der Waals surface area contributed by atoms with Gasteiger partial charge in [0.1, 0.15) is 0 Å². The van der Waals surface area contributed by atoms with Crippen LogP contribution in [-0.2, 0) is 4.79 Å². The number of nitro benzene ring substituents is 1. The van der Waals surface area contributed by atoms with Crippen LogP contribution in [0.2, 0.25) is 0 Å². The summed E-state index contributed by atoms with van der Waals surface area (Å²) in [5.74, 6) is -0.995. The van der Waals surface area contributed by atoms with Crippen molar-refractivity contribution >= 4 is 23.2 Å². The van der Waals surface area contributed by atoms with Crippen molar-refractivity contribution in [2.45, 2.75) is 6.42 Å². The van der Waals surface area contributed by atoms with E-state index in [1.807, 2.05) is 17.0 Å². The molecule has 0 aliphatic carbocycles. The zero-order valence-corrected chi connectivity index (χ0v) is 16.8. The minimum atomic E-state index is -0.625. The molecular formula is C21H22N6O4. The average Bonchev–Trinajstić information content (AvgIpc) is 3.03. The third kappa shape index (κ3) is 6.01. The van der Waals surface area contributed by atoms with Crippen LogP contribution in [0, 0.1) is 21.4 Å². The summed E-state index contributed by atoms with van der Waals surface area (Å²) in [5, 5.41) is 19.7. The number of carbonyl (C=O) groups is 2. The molecule has 1 fully saturated rings. The quantitative estimate of drug-likeness (QED) is 0.550. The summed E-state index contributed by atoms with van der Waals surface area (Å²) < 4.78 is 0. The molecule has 2 aromatic carbocycles. The van der Waals surface area contributed by atoms with Crippen LogP contribution in [0.3, 0.4) is 0 Å². The lowest BCUT2D eigenvalue weighted by Gasteiger charge is -2.23. The van der Waals surface area contributed by atoms with E-state index < -0.39 is 10.8 Å². The van der Waals surface area contributed by atoms with Crippen molar-refractivity contribution in [3.8, 4) is 6.07 Å². The highest BCUT2D eigenvalue weighted by Gasteiger charge is 2.18. The van der Waals surface area contributed by atoms with E-state index in [0.29, 0.717) is 12.1 Å². The lowest BCUT2D eigenvalue weighted by molar-refractivity contribution is -0.384. The van der Waals surface area contributed by atoms with Gasteiger partial charge in [-0.3, -0.25) is 35.5 Å². The highest BCUT2D eigenvalue weighted by Crippen LogP contribution is 2.17. The molecule has 160 valence electrons. The number of nitrogens with one attached hydrogen (secondary N) is 2. The number of hydrazine groups is 1. The van der Waals surface area contributed by atoms with Gasteiger partial charge in [-0.25, -0.2) is 0 Å². The average molecular weight is 422 g/mol. The van der Waals surface area contributed by atoms with Crippen molar-refractivity contribution in [3.05, 3.63) is 69.8 Å². The van der Waals surface area contributed by atoms with E-state index in [4.69, 9.17) is 5.26 Å². The number of carbonyl (C=O) groups excluding carboxylic acids is 2. The van der Waals surface area contributed by atoms with E-state index in [-0.39, 0.29) is 23.7 Å². The smallest absolute Gasteiger partial charge is 0.270 e. The van der Waals surface area contributed by atoms with Gasteiger partial charge in [-0.2, -0.15) is 5.26 Å². The Morgan fingerprint density at radius 1 is 1.06 bits per heavy atom. The molecule has 0 saturated carbocycles. The van der Waals surface area contributed by atoms with Crippen molar-refractivity contribution in [2.75, 3.05) is 37.6 Å². The molecule has 1 saturated heterocycles. The Balaban J connectivity index is 1.47. The Hall–Kier alpha value is -3.97. The number of benzene rings is 2. The van der Waals surface area contributed by atoms with Crippen LogP contribution >= 0.6 is 0 Å². The van der Waals surface area contributed by atoms with Gasteiger partial charge < -0.3 is 4.90 Å². The second-order valence-corrected chi connectivity index (χ2v) is 7.09. The Kier molecular flexibility index (Phi) is 7.13. The summed E-state index contributed by atoms with van der Waals surface area (Å²) in [6.07, 6.45) is 0.868. The predicted molar refractivity (Wildman–Crippen MR) is 113 cm³/mol. The molecule has 2 amide bonds. The second kappa shape index (κ2) is 10.2. The van der Waals surface area contributed by atoms with Gasteiger partial charge in [-0.05, 0) is 36.8 Å². The summed E-state index contributed by atoms with van der Waals surface area (Å²) in [6, 6.07) is 14.8. The van der Waals surface area contributed by atoms with E-state index in [9.17, 15) is 19.7 Å². The molecule has 0 aromatic heterocycles. The molecule has 0 unspecified atom stereocenters. The van der Waals surface area contributed by atoms with E-state index in [2.05, 4.69) is 21.8 Å². The summed E-state index contributed by atoms with van der Waals surface area (Å²) >= 11 is 0. The first-order chi connectivity index (χ1) is 15.0. The number of anilines is 1. The highest BCUT2D eigenvalue weighted by molar-refractivity contribution is 5.96. The maximum absolute atomic E-state index is 12.2. The minimum Gasteiger partial charge on any atom is -0.370 e. The number of hydrogen-bond acceptors (Lipinski definition) is 7. The van der Waals surface area contributed by atoms with Gasteiger partial charge in [0.05, 0.1) is 23.1 Å². The molecule has 3 rings (SSSR count). The lowest BCUT2D eigenvalue weighted by atomic mass is 10.2. The second-order valence-electron chi connectivity index (χ2n) is 7.09. The third-order valence-corrected chi connectivity index (χ3v) is 4.95. The summed E-state index contributed by atoms with van der Waals surface area (Å²) in [6.45, 7) is 3.11. The van der Waals surface area contributed by atoms with E-state index >= 15 is 0 Å². The highest BCUT2D eigenvalue weighted by atomic mass is 16.6. The Labute approximate surface area is 179 Å². The molecular weight excluding hydrogens is 400 g/mol. The molecule has 0 bridgehead atoms. The molecule has 1 aliphatic rings. The maximum atomic E-state index is 12.2. The Bertz CT molecular complexity index is 1000. The minimum absolute atomic E-state index is 0.0855. The normalized spacial score (nSPS) is 14.2. The van der Waals surface area contributed by atoms with Crippen LogP contribution < -0.4 is 15.8 Å². The first-order valence-electron chi connectivity index (χ1n) is 9.77. The van der Waals surface area contributed by atoms with Gasteiger partial charge in [0.25, 0.3) is 17.5 Å². The number of nitro groups is 1. The molecule has 0 radical (unpaired) electrons. The summed E-state index contributed by atoms with van der Waals surface area (Å²) in [4.78, 5) is 38.8. The van der Waals surface area contributed by atoms with Gasteiger partial charge in [-0.1, -0.05) is 6.07 Å². The topological polar surface area (TPSA) is 132 Å². The fourth-order valence-electron chi connectivity index (χ4n) is 3.34. The van der Waals surface area contributed by atoms with E-state index in [0.717, 1.165) is 37.8 Å². The first kappa shape index (κ1) is 21.7. The van der Waals surface area contributed by atoms with Gasteiger partial charge in [0, 0.05) is 49.6 Å². The zero-order valence-electron chi connectivity index (χ0n) is 16.8. The van der Waals surface area contributed by atoms with Crippen LogP contribution in [0.25, 0.3) is 0 Å². The fourth-order valence-corrected chi connectivity index (χ4v) is 3.34. The van der Waals surface area contributed by atoms with Crippen LogP contribution in [-0.4, -0.2) is 54.4 Å². The van der Waals surface area contributed by atoms with Crippen molar-refractivity contribution in [3.63, 3.8) is 0 Å². The predicted octanol–water partition coefficient (Wildman–Crippen LogP) is 1.44. The number of rotatable bonds is 5. The summed E-state index contributed by atoms with van der Waals surface area (Å²) in [7, 11) is 0. The Morgan fingerprint density at radius 3 is 2.55 bits per heavy atom. The first-order valence-corrected chi connectivity index (χ1v) is 9.77. The molecule has 2 aromatic rings. The third-order valence-electron chi connectivity index (χ3n) is 4.95. The number of hydrogen-bond donors (Lipinski definition) is 2. The molecule has 1 heterocycles. The molecule has 0 atom stereocenters. The molecule has 0 spiro atoms. The van der Waals surface area contributed by atoms with E-state index in [1.165, 1.54) is 18.2 Å². The largest absolute Gasteiger partial charge is 0.370 e. The van der Waals surface area contributed by atoms with Crippen molar-refractivity contribution in [2.24, 2.45) is 0 Å². The monoisotopic (exact) mass is 422 g/mol. The number of amides is 2. The van der Waals surface area contributed by atoms with Gasteiger partial charge in [-0.15, -0.1) is 0 Å². The molecule has 10 heteroatoms. The van der Waals surface area contributed by atoms with Gasteiger partial charge >= 0.3 is 0 Å². The SMILES string of the molecule is N#Cc1ccc(N2CCCN(CC(=O)NNC(=O)c3cccc([N+](=O)[O-])c3)CC2)cc1. The molecule has 1 aliphatic heterocycles. The zero-order chi connectivity index (χ0) is 22.2. The maximum Gasteiger partial charge on any atom is 0.270 e. The van der Waals surface area contributed by atoms with Crippen LogP contribution in [0.5, 0.6) is 0 Å². The number of nitriles is 1. The fraction of sp³-hybridized carbons (Fsp3) is 0.286.